The average molecular weight is 407 g/mol. The monoisotopic (exact) mass is 407 g/mol. The highest BCUT2D eigenvalue weighted by Gasteiger charge is 2.21. The molecule has 1 atom stereocenters. The minimum atomic E-state index is -0.542. The van der Waals surface area contributed by atoms with Crippen molar-refractivity contribution in [3.63, 3.8) is 0 Å². The first-order valence-corrected chi connectivity index (χ1v) is 9.47. The summed E-state index contributed by atoms with van der Waals surface area (Å²) in [4.78, 5) is 7.39. The Labute approximate surface area is 168 Å². The Bertz CT molecular complexity index is 1210. The number of nitrogens with one attached hydrogen (secondary N) is 1. The molecule has 4 aromatic rings. The van der Waals surface area contributed by atoms with Crippen LogP contribution >= 0.6 is 11.8 Å². The van der Waals surface area contributed by atoms with Gasteiger partial charge in [0.2, 0.25) is 5.89 Å². The summed E-state index contributed by atoms with van der Waals surface area (Å²) < 4.78 is 18.6. The zero-order valence-corrected chi connectivity index (χ0v) is 15.9. The van der Waals surface area contributed by atoms with Crippen LogP contribution in [0, 0.1) is 17.1 Å². The van der Waals surface area contributed by atoms with Crippen molar-refractivity contribution in [1.29, 1.82) is 5.26 Å². The van der Waals surface area contributed by atoms with Crippen LogP contribution in [-0.4, -0.2) is 30.5 Å². The van der Waals surface area contributed by atoms with E-state index in [9.17, 15) is 14.8 Å². The molecule has 29 heavy (non-hydrogen) atoms. The molecule has 2 heterocycles. The average Bonchev–Trinajstić information content (AvgIpc) is 3.36. The van der Waals surface area contributed by atoms with E-state index in [1.54, 1.807) is 6.92 Å². The van der Waals surface area contributed by atoms with E-state index in [1.807, 2.05) is 30.3 Å². The molecule has 0 aliphatic carbocycles. The number of aromatic nitrogens is 4. The zero-order valence-electron chi connectivity index (χ0n) is 15.1. The van der Waals surface area contributed by atoms with Crippen LogP contribution < -0.4 is 0 Å². The molecule has 0 aliphatic rings. The van der Waals surface area contributed by atoms with Gasteiger partial charge in [-0.2, -0.15) is 5.26 Å². The Morgan fingerprint density at radius 3 is 2.69 bits per heavy atom. The smallest absolute Gasteiger partial charge is 0.277 e. The van der Waals surface area contributed by atoms with Gasteiger partial charge in [0.05, 0.1) is 16.3 Å². The maximum absolute atomic E-state index is 13.0. The van der Waals surface area contributed by atoms with Crippen molar-refractivity contribution >= 4 is 28.4 Å². The van der Waals surface area contributed by atoms with Crippen molar-refractivity contribution in [1.82, 2.24) is 20.2 Å². The number of nitrogens with zero attached hydrogens (tertiary/aromatic N) is 4. The van der Waals surface area contributed by atoms with Gasteiger partial charge in [-0.25, -0.2) is 9.37 Å². The van der Waals surface area contributed by atoms with Gasteiger partial charge in [0.15, 0.2) is 5.82 Å². The predicted molar refractivity (Wildman–Crippen MR) is 106 cm³/mol. The molecule has 9 heteroatoms. The minimum Gasteiger partial charge on any atom is -0.510 e. The number of hydrogen-bond donors (Lipinski definition) is 2. The first-order valence-electron chi connectivity index (χ1n) is 8.59. The van der Waals surface area contributed by atoms with Crippen molar-refractivity contribution in [3.05, 3.63) is 65.9 Å². The van der Waals surface area contributed by atoms with Crippen LogP contribution in [0.5, 0.6) is 0 Å². The lowest BCUT2D eigenvalue weighted by Crippen LogP contribution is -2.04. The molecule has 144 valence electrons. The van der Waals surface area contributed by atoms with Crippen molar-refractivity contribution < 1.29 is 13.9 Å². The van der Waals surface area contributed by atoms with Gasteiger partial charge >= 0.3 is 0 Å². The second kappa shape index (κ2) is 7.77. The molecule has 2 aromatic carbocycles. The van der Waals surface area contributed by atoms with Crippen LogP contribution in [0.15, 0.2) is 63.9 Å². The highest BCUT2D eigenvalue weighted by Crippen LogP contribution is 2.31. The summed E-state index contributed by atoms with van der Waals surface area (Å²) in [6.07, 6.45) is 0. The molecule has 0 saturated carbocycles. The van der Waals surface area contributed by atoms with Gasteiger partial charge in [-0.3, -0.25) is 0 Å². The maximum atomic E-state index is 13.0. The lowest BCUT2D eigenvalue weighted by atomic mass is 10.2. The SMILES string of the molecule is C[C@H](Sc1nnc(-c2ccc(F)cc2)o1)C(O)=C(C#N)c1nc2ccccc2[nH]1. The molecule has 0 spiro atoms. The van der Waals surface area contributed by atoms with Crippen LogP contribution in [0.25, 0.3) is 28.1 Å². The summed E-state index contributed by atoms with van der Waals surface area (Å²) in [5, 5.41) is 27.7. The number of H-pyrrole nitrogens is 1. The van der Waals surface area contributed by atoms with Crippen molar-refractivity contribution in [2.45, 2.75) is 17.4 Å². The maximum Gasteiger partial charge on any atom is 0.277 e. The minimum absolute atomic E-state index is 0.0412. The summed E-state index contributed by atoms with van der Waals surface area (Å²) in [7, 11) is 0. The quantitative estimate of drug-likeness (QED) is 0.279. The number of allylic oxidation sites excluding steroid dienone is 1. The molecule has 0 bridgehead atoms. The number of aliphatic hydroxyl groups is 1. The third-order valence-corrected chi connectivity index (χ3v) is 5.10. The van der Waals surface area contributed by atoms with Crippen molar-refractivity contribution in [2.24, 2.45) is 0 Å². The molecule has 0 aliphatic heterocycles. The summed E-state index contributed by atoms with van der Waals surface area (Å²) in [6.45, 7) is 1.71. The second-order valence-electron chi connectivity index (χ2n) is 6.11. The number of aliphatic hydroxyl groups excluding tert-OH is 1. The molecule has 2 aromatic heterocycles. The van der Waals surface area contributed by atoms with E-state index in [0.717, 1.165) is 17.3 Å². The predicted octanol–water partition coefficient (Wildman–Crippen LogP) is 4.73. The third kappa shape index (κ3) is 3.83. The molecular formula is C20H14FN5O2S. The number of thioether (sulfide) groups is 1. The highest BCUT2D eigenvalue weighted by atomic mass is 32.2. The van der Waals surface area contributed by atoms with E-state index in [0.29, 0.717) is 11.1 Å². The van der Waals surface area contributed by atoms with Crippen molar-refractivity contribution in [3.8, 4) is 17.5 Å². The Hall–Kier alpha value is -3.64. The Morgan fingerprint density at radius 1 is 1.21 bits per heavy atom. The lowest BCUT2D eigenvalue weighted by Gasteiger charge is -2.08. The van der Waals surface area contributed by atoms with E-state index in [4.69, 9.17) is 4.42 Å². The normalized spacial score (nSPS) is 13.1. The Balaban J connectivity index is 1.57. The van der Waals surface area contributed by atoms with Gasteiger partial charge in [0, 0.05) is 5.56 Å². The Morgan fingerprint density at radius 2 is 1.97 bits per heavy atom. The number of benzene rings is 2. The molecule has 0 amide bonds. The number of imidazole rings is 1. The topological polar surface area (TPSA) is 112 Å². The molecule has 4 rings (SSSR count). The summed E-state index contributed by atoms with van der Waals surface area (Å²) in [6, 6.07) is 15.0. The van der Waals surface area contributed by atoms with Crippen LogP contribution in [0.3, 0.4) is 0 Å². The second-order valence-corrected chi connectivity index (χ2v) is 7.41. The van der Waals surface area contributed by atoms with Crippen LogP contribution in [0.4, 0.5) is 4.39 Å². The number of fused-ring (bicyclic) bond motifs is 1. The first kappa shape index (κ1) is 18.7. The Kier molecular flexibility index (Phi) is 5.01. The molecule has 7 nitrogen and oxygen atoms in total. The summed E-state index contributed by atoms with van der Waals surface area (Å²) in [5.74, 6) is 0.0106. The van der Waals surface area contributed by atoms with Gasteiger partial charge in [0.1, 0.15) is 23.2 Å². The van der Waals surface area contributed by atoms with E-state index in [1.165, 1.54) is 24.3 Å². The van der Waals surface area contributed by atoms with Crippen LogP contribution in [0.1, 0.15) is 12.7 Å². The molecule has 0 saturated heterocycles. The fourth-order valence-corrected chi connectivity index (χ4v) is 3.43. The first-order chi connectivity index (χ1) is 14.0. The number of hydrogen-bond acceptors (Lipinski definition) is 7. The van der Waals surface area contributed by atoms with Crippen LogP contribution in [0.2, 0.25) is 0 Å². The number of aromatic amines is 1. The highest BCUT2D eigenvalue weighted by molar-refractivity contribution is 7.99. The van der Waals surface area contributed by atoms with Gasteiger partial charge in [-0.1, -0.05) is 23.9 Å². The van der Waals surface area contributed by atoms with Gasteiger partial charge < -0.3 is 14.5 Å². The largest absolute Gasteiger partial charge is 0.510 e. The number of para-hydroxylation sites is 2. The van der Waals surface area contributed by atoms with E-state index in [-0.39, 0.29) is 34.1 Å². The van der Waals surface area contributed by atoms with E-state index < -0.39 is 5.25 Å². The standard InChI is InChI=1S/C20H14FN5O2S/c1-11(29-20-26-25-19(28-20)12-6-8-13(21)9-7-12)17(27)14(10-22)18-23-15-4-2-3-5-16(15)24-18/h2-9,11,27H,1H3,(H,23,24)/t11-/m0/s1. The van der Waals surface area contributed by atoms with Crippen LogP contribution in [-0.2, 0) is 0 Å². The molecular weight excluding hydrogens is 393 g/mol. The molecule has 0 unspecified atom stereocenters. The van der Waals surface area contributed by atoms with Gasteiger partial charge in [-0.15, -0.1) is 10.2 Å². The fourth-order valence-electron chi connectivity index (χ4n) is 2.68. The number of halogens is 1. The molecule has 0 fully saturated rings. The van der Waals surface area contributed by atoms with Gasteiger partial charge in [-0.05, 0) is 43.3 Å². The number of rotatable bonds is 5. The van der Waals surface area contributed by atoms with Crippen molar-refractivity contribution in [2.75, 3.05) is 0 Å². The molecule has 2 N–H and O–H groups in total. The van der Waals surface area contributed by atoms with E-state index >= 15 is 0 Å². The summed E-state index contributed by atoms with van der Waals surface area (Å²) in [5.41, 5.74) is 2.09. The fraction of sp³-hybridized carbons (Fsp3) is 0.100. The third-order valence-electron chi connectivity index (χ3n) is 4.15. The lowest BCUT2D eigenvalue weighted by molar-refractivity contribution is 0.399. The molecule has 0 radical (unpaired) electrons. The van der Waals surface area contributed by atoms with Gasteiger partial charge in [0.25, 0.3) is 5.22 Å². The summed E-state index contributed by atoms with van der Waals surface area (Å²) >= 11 is 1.10. The zero-order chi connectivity index (χ0) is 20.4. The van der Waals surface area contributed by atoms with E-state index in [2.05, 4.69) is 20.2 Å². The number of nitriles is 1.